The van der Waals surface area contributed by atoms with E-state index >= 15 is 0 Å². The molecule has 3 amide bonds. The van der Waals surface area contributed by atoms with Crippen LogP contribution >= 0.6 is 0 Å². The molecular formula is C36H57F2N3O7S. The summed E-state index contributed by atoms with van der Waals surface area (Å²) in [5.41, 5.74) is -1.83. The third kappa shape index (κ3) is 10.2. The number of sulfone groups is 1. The van der Waals surface area contributed by atoms with E-state index in [9.17, 15) is 41.2 Å². The molecule has 0 spiro atoms. The molecule has 0 bridgehead atoms. The Hall–Kier alpha value is -2.70. The lowest BCUT2D eigenvalue weighted by molar-refractivity contribution is -0.144. The van der Waals surface area contributed by atoms with E-state index in [4.69, 9.17) is 0 Å². The number of rotatable bonds is 15. The summed E-state index contributed by atoms with van der Waals surface area (Å²) in [5.74, 6) is -4.84. The van der Waals surface area contributed by atoms with Gasteiger partial charge in [-0.2, -0.15) is 0 Å². The standard InChI is InChI=1S/C36H57F2N3O7S/c1-8-9-16-26(42)30(44)24(20-28(37)38)19-27(43)29-25-15-13-14-23(25)21-41(29)32(45)31(34(2,3)4)39-33(46)40-36(17-11-10-12-18-36)22-49(47,48)35(5,6)7/h8,23-25,28-29,31H,1,9-22H2,2-7H3,(H2,39,40,46)/t23-,24-,25-,29-,31+/m0/s1. The number of alkyl halides is 2. The van der Waals surface area contributed by atoms with Crippen molar-refractivity contribution in [1.29, 1.82) is 0 Å². The quantitative estimate of drug-likeness (QED) is 0.167. The topological polar surface area (TPSA) is 147 Å². The van der Waals surface area contributed by atoms with Gasteiger partial charge in [0.05, 0.1) is 22.1 Å². The molecule has 10 nitrogen and oxygen atoms in total. The molecule has 0 radical (unpaired) electrons. The van der Waals surface area contributed by atoms with Crippen LogP contribution in [0.2, 0.25) is 0 Å². The Morgan fingerprint density at radius 2 is 1.61 bits per heavy atom. The van der Waals surface area contributed by atoms with Crippen molar-refractivity contribution < 1.29 is 41.2 Å². The Bertz CT molecular complexity index is 1360. The van der Waals surface area contributed by atoms with Gasteiger partial charge in [0.1, 0.15) is 6.04 Å². The third-order valence-corrected chi connectivity index (χ3v) is 13.4. The van der Waals surface area contributed by atoms with Crippen LogP contribution in [0.15, 0.2) is 12.7 Å². The van der Waals surface area contributed by atoms with Gasteiger partial charge in [-0.3, -0.25) is 19.2 Å². The van der Waals surface area contributed by atoms with Crippen LogP contribution in [0.3, 0.4) is 0 Å². The molecule has 0 aromatic carbocycles. The monoisotopic (exact) mass is 713 g/mol. The predicted octanol–water partition coefficient (Wildman–Crippen LogP) is 5.58. The molecule has 1 heterocycles. The molecule has 0 aromatic heterocycles. The van der Waals surface area contributed by atoms with Gasteiger partial charge >= 0.3 is 6.03 Å². The average molecular weight is 714 g/mol. The molecule has 2 N–H and O–H groups in total. The number of hydrogen-bond donors (Lipinski definition) is 2. The molecule has 2 saturated carbocycles. The lowest BCUT2D eigenvalue weighted by Crippen LogP contribution is -2.63. The second kappa shape index (κ2) is 16.1. The van der Waals surface area contributed by atoms with Crippen LogP contribution in [-0.4, -0.2) is 83.7 Å². The maximum absolute atomic E-state index is 14.4. The van der Waals surface area contributed by atoms with Crippen LogP contribution in [0.5, 0.6) is 0 Å². The molecule has 0 unspecified atom stereocenters. The van der Waals surface area contributed by atoms with E-state index < -0.39 is 92.1 Å². The number of carbonyl (C=O) groups is 5. The van der Waals surface area contributed by atoms with E-state index in [0.29, 0.717) is 19.3 Å². The largest absolute Gasteiger partial charge is 0.332 e. The van der Waals surface area contributed by atoms with Crippen molar-refractivity contribution in [3.63, 3.8) is 0 Å². The molecule has 1 saturated heterocycles. The lowest BCUT2D eigenvalue weighted by atomic mass is 9.82. The summed E-state index contributed by atoms with van der Waals surface area (Å²) < 4.78 is 52.7. The maximum atomic E-state index is 14.4. The number of carbonyl (C=O) groups excluding carboxylic acids is 5. The smallest absolute Gasteiger partial charge is 0.315 e. The Balaban J connectivity index is 1.87. The second-order valence-electron chi connectivity index (χ2n) is 16.5. The van der Waals surface area contributed by atoms with Gasteiger partial charge in [-0.05, 0) is 70.1 Å². The van der Waals surface area contributed by atoms with E-state index in [1.54, 1.807) is 41.5 Å². The Kier molecular flexibility index (Phi) is 13.4. The first-order valence-corrected chi connectivity index (χ1v) is 19.4. The zero-order valence-electron chi connectivity index (χ0n) is 30.1. The van der Waals surface area contributed by atoms with E-state index in [-0.39, 0.29) is 37.0 Å². The summed E-state index contributed by atoms with van der Waals surface area (Å²) in [6.45, 7) is 14.0. The van der Waals surface area contributed by atoms with Crippen molar-refractivity contribution in [2.24, 2.45) is 23.2 Å². The van der Waals surface area contributed by atoms with Crippen molar-refractivity contribution in [2.75, 3.05) is 12.3 Å². The van der Waals surface area contributed by atoms with E-state index in [1.165, 1.54) is 11.0 Å². The summed E-state index contributed by atoms with van der Waals surface area (Å²) in [6, 6.07) is -2.77. The first kappa shape index (κ1) is 40.7. The van der Waals surface area contributed by atoms with Gasteiger partial charge in [-0.25, -0.2) is 22.0 Å². The van der Waals surface area contributed by atoms with Gasteiger partial charge < -0.3 is 15.5 Å². The average Bonchev–Trinajstić information content (AvgIpc) is 3.58. The summed E-state index contributed by atoms with van der Waals surface area (Å²) in [5, 5.41) is 5.77. The van der Waals surface area contributed by atoms with Gasteiger partial charge in [0.15, 0.2) is 21.4 Å². The number of amides is 3. The van der Waals surface area contributed by atoms with Crippen molar-refractivity contribution in [2.45, 2.75) is 147 Å². The van der Waals surface area contributed by atoms with E-state index in [2.05, 4.69) is 17.2 Å². The zero-order valence-corrected chi connectivity index (χ0v) is 30.9. The number of nitrogens with zero attached hydrogens (tertiary/aromatic N) is 1. The first-order chi connectivity index (χ1) is 22.6. The van der Waals surface area contributed by atoms with Crippen LogP contribution in [0.25, 0.3) is 0 Å². The Labute approximate surface area is 290 Å². The number of hydrogen-bond acceptors (Lipinski definition) is 7. The van der Waals surface area contributed by atoms with Gasteiger partial charge in [-0.1, -0.05) is 52.5 Å². The van der Waals surface area contributed by atoms with Gasteiger partial charge in [0.25, 0.3) is 0 Å². The highest BCUT2D eigenvalue weighted by atomic mass is 32.2. The van der Waals surface area contributed by atoms with Gasteiger partial charge in [-0.15, -0.1) is 6.58 Å². The van der Waals surface area contributed by atoms with Crippen LogP contribution in [-0.2, 0) is 29.0 Å². The summed E-state index contributed by atoms with van der Waals surface area (Å²) in [4.78, 5) is 68.9. The molecule has 13 heteroatoms. The third-order valence-electron chi connectivity index (χ3n) is 10.6. The number of allylic oxidation sites excluding steroid dienone is 1. The Morgan fingerprint density at radius 3 is 2.16 bits per heavy atom. The SMILES string of the molecule is C=CCCC(=O)C(=O)[C@@H](CC(=O)[C@@H]1[C@H]2CCC[C@H]2CN1C(=O)[C@@H](NC(=O)NC1(CS(=O)(=O)C(C)(C)C)CCCCC1)C(C)(C)C)CC(F)F. The second-order valence-corrected chi connectivity index (χ2v) is 19.3. The fourth-order valence-electron chi connectivity index (χ4n) is 7.73. The van der Waals surface area contributed by atoms with Crippen LogP contribution < -0.4 is 10.6 Å². The van der Waals surface area contributed by atoms with Crippen LogP contribution in [0, 0.1) is 23.2 Å². The zero-order chi connectivity index (χ0) is 36.9. The number of Topliss-reactive ketones (excluding diaryl/α,β-unsaturated/α-hetero) is 3. The molecule has 5 atom stereocenters. The molecule has 1 aliphatic heterocycles. The van der Waals surface area contributed by atoms with Gasteiger partial charge in [0, 0.05) is 31.7 Å². The minimum Gasteiger partial charge on any atom is -0.332 e. The molecule has 3 aliphatic rings. The summed E-state index contributed by atoms with van der Waals surface area (Å²) in [7, 11) is -3.60. The van der Waals surface area contributed by atoms with Crippen LogP contribution in [0.1, 0.15) is 119 Å². The summed E-state index contributed by atoms with van der Waals surface area (Å²) in [6.07, 6.45) is 2.67. The highest BCUT2D eigenvalue weighted by molar-refractivity contribution is 7.92. The number of likely N-dealkylation sites (tertiary alicyclic amines) is 1. The minimum atomic E-state index is -3.60. The van der Waals surface area contributed by atoms with Crippen molar-refractivity contribution in [3.8, 4) is 0 Å². The molecule has 3 fully saturated rings. The fraction of sp³-hybridized carbons (Fsp3) is 0.806. The van der Waals surface area contributed by atoms with Gasteiger partial charge in [0.2, 0.25) is 18.1 Å². The molecule has 2 aliphatic carbocycles. The molecular weight excluding hydrogens is 656 g/mol. The molecule has 3 rings (SSSR count). The van der Waals surface area contributed by atoms with Crippen molar-refractivity contribution >= 4 is 39.1 Å². The lowest BCUT2D eigenvalue weighted by Gasteiger charge is -2.41. The fourth-order valence-corrected chi connectivity index (χ4v) is 9.25. The van der Waals surface area contributed by atoms with Crippen molar-refractivity contribution in [1.82, 2.24) is 15.5 Å². The van der Waals surface area contributed by atoms with Crippen LogP contribution in [0.4, 0.5) is 13.6 Å². The normalized spacial score (nSPS) is 23.8. The summed E-state index contributed by atoms with van der Waals surface area (Å²) >= 11 is 0. The molecule has 0 aromatic rings. The number of fused-ring (bicyclic) bond motifs is 1. The minimum absolute atomic E-state index is 0.000989. The molecule has 278 valence electrons. The molecule has 49 heavy (non-hydrogen) atoms. The number of ketones is 3. The number of urea groups is 1. The highest BCUT2D eigenvalue weighted by Crippen LogP contribution is 2.44. The number of halogens is 2. The highest BCUT2D eigenvalue weighted by Gasteiger charge is 2.52. The first-order valence-electron chi connectivity index (χ1n) is 17.7. The predicted molar refractivity (Wildman–Crippen MR) is 184 cm³/mol. The van der Waals surface area contributed by atoms with Crippen molar-refractivity contribution in [3.05, 3.63) is 12.7 Å². The van der Waals surface area contributed by atoms with E-state index in [1.807, 2.05) is 0 Å². The van der Waals surface area contributed by atoms with E-state index in [0.717, 1.165) is 32.1 Å². The Morgan fingerprint density at radius 1 is 0.980 bits per heavy atom. The number of nitrogens with one attached hydrogen (secondary N) is 2. The maximum Gasteiger partial charge on any atom is 0.315 e.